The molecule has 62 valence electrons. The smallest absolute Gasteiger partial charge is 0.156 e. The minimum atomic E-state index is 0.483. The Morgan fingerprint density at radius 2 is 2.08 bits per heavy atom. The van der Waals surface area contributed by atoms with Crippen molar-refractivity contribution in [3.8, 4) is 0 Å². The molecule has 2 aromatic heterocycles. The van der Waals surface area contributed by atoms with Crippen molar-refractivity contribution < 1.29 is 0 Å². The molecule has 0 atom stereocenters. The summed E-state index contributed by atoms with van der Waals surface area (Å²) in [7, 11) is 0. The second kappa shape index (κ2) is 2.45. The molecule has 12 heavy (non-hydrogen) atoms. The van der Waals surface area contributed by atoms with Gasteiger partial charge in [0.1, 0.15) is 11.8 Å². The number of nitrogens with zero attached hydrogens (tertiary/aromatic N) is 2. The topological polar surface area (TPSA) is 41.6 Å². The molecular weight excluding hydrogens is 174 g/mol. The summed E-state index contributed by atoms with van der Waals surface area (Å²) in [5.74, 6) is 0. The van der Waals surface area contributed by atoms with Crippen LogP contribution in [0, 0.1) is 13.8 Å². The predicted molar refractivity (Wildman–Crippen MR) is 48.4 cm³/mol. The van der Waals surface area contributed by atoms with Gasteiger partial charge in [0.2, 0.25) is 0 Å². The van der Waals surface area contributed by atoms with Gasteiger partial charge in [-0.2, -0.15) is 0 Å². The Hall–Kier alpha value is -1.09. The molecule has 0 bridgehead atoms. The van der Waals surface area contributed by atoms with E-state index in [4.69, 9.17) is 11.6 Å². The average Bonchev–Trinajstić information content (AvgIpc) is 2.32. The Bertz CT molecular complexity index is 433. The van der Waals surface area contributed by atoms with E-state index in [1.165, 1.54) is 6.33 Å². The molecule has 1 N–H and O–H groups in total. The molecule has 0 radical (unpaired) electrons. The molecule has 2 heterocycles. The number of hydrogen-bond acceptors (Lipinski definition) is 2. The van der Waals surface area contributed by atoms with Gasteiger partial charge in [0.25, 0.3) is 0 Å². The first-order valence-corrected chi connectivity index (χ1v) is 4.03. The van der Waals surface area contributed by atoms with Crippen LogP contribution in [0.3, 0.4) is 0 Å². The molecule has 2 rings (SSSR count). The second-order valence-corrected chi connectivity index (χ2v) is 3.12. The maximum Gasteiger partial charge on any atom is 0.156 e. The van der Waals surface area contributed by atoms with Crippen molar-refractivity contribution in [1.82, 2.24) is 15.0 Å². The number of rotatable bonds is 0. The summed E-state index contributed by atoms with van der Waals surface area (Å²) in [6, 6.07) is 0. The highest BCUT2D eigenvalue weighted by Crippen LogP contribution is 2.22. The Morgan fingerprint density at radius 3 is 2.75 bits per heavy atom. The van der Waals surface area contributed by atoms with Gasteiger partial charge in [-0.25, -0.2) is 9.97 Å². The summed E-state index contributed by atoms with van der Waals surface area (Å²) in [4.78, 5) is 11.2. The average molecular weight is 182 g/mol. The van der Waals surface area contributed by atoms with Crippen molar-refractivity contribution in [2.24, 2.45) is 0 Å². The van der Waals surface area contributed by atoms with Crippen LogP contribution in [0.1, 0.15) is 11.3 Å². The Labute approximate surface area is 74.8 Å². The Morgan fingerprint density at radius 1 is 1.33 bits per heavy atom. The van der Waals surface area contributed by atoms with Crippen LogP contribution in [-0.2, 0) is 0 Å². The second-order valence-electron chi connectivity index (χ2n) is 2.76. The fourth-order valence-corrected chi connectivity index (χ4v) is 1.40. The summed E-state index contributed by atoms with van der Waals surface area (Å²) < 4.78 is 0. The summed E-state index contributed by atoms with van der Waals surface area (Å²) in [5.41, 5.74) is 3.96. The molecule has 0 aliphatic rings. The van der Waals surface area contributed by atoms with E-state index in [1.807, 2.05) is 13.8 Å². The quantitative estimate of drug-likeness (QED) is 0.634. The normalized spacial score (nSPS) is 10.9. The molecule has 0 unspecified atom stereocenters. The molecule has 0 spiro atoms. The minimum absolute atomic E-state index is 0.483. The monoisotopic (exact) mass is 181 g/mol. The molecule has 0 fully saturated rings. The lowest BCUT2D eigenvalue weighted by Crippen LogP contribution is -1.80. The molecule has 0 aliphatic carbocycles. The van der Waals surface area contributed by atoms with Crippen LogP contribution in [0.25, 0.3) is 11.0 Å². The lowest BCUT2D eigenvalue weighted by Gasteiger charge is -1.90. The zero-order valence-electron chi connectivity index (χ0n) is 6.85. The molecule has 4 heteroatoms. The maximum absolute atomic E-state index is 5.86. The summed E-state index contributed by atoms with van der Waals surface area (Å²) in [5, 5.41) is 0.483. The van der Waals surface area contributed by atoms with Crippen molar-refractivity contribution in [2.75, 3.05) is 0 Å². The molecule has 0 saturated carbocycles. The van der Waals surface area contributed by atoms with Gasteiger partial charge in [0, 0.05) is 5.69 Å². The van der Waals surface area contributed by atoms with Gasteiger partial charge in [0.15, 0.2) is 5.15 Å². The lowest BCUT2D eigenvalue weighted by molar-refractivity contribution is 1.21. The fourth-order valence-electron chi connectivity index (χ4n) is 1.22. The highest BCUT2D eigenvalue weighted by Gasteiger charge is 2.07. The fraction of sp³-hybridized carbons (Fsp3) is 0.250. The van der Waals surface area contributed by atoms with E-state index >= 15 is 0 Å². The van der Waals surface area contributed by atoms with Gasteiger partial charge in [-0.15, -0.1) is 0 Å². The first-order valence-electron chi connectivity index (χ1n) is 3.65. The number of aryl methyl sites for hydroxylation is 2. The first-order chi connectivity index (χ1) is 5.70. The van der Waals surface area contributed by atoms with Gasteiger partial charge in [-0.1, -0.05) is 11.6 Å². The third kappa shape index (κ3) is 0.898. The highest BCUT2D eigenvalue weighted by molar-refractivity contribution is 6.33. The summed E-state index contributed by atoms with van der Waals surface area (Å²) in [6.07, 6.45) is 1.48. The largest absolute Gasteiger partial charge is 0.355 e. The van der Waals surface area contributed by atoms with Gasteiger partial charge in [-0.05, 0) is 19.4 Å². The number of aromatic nitrogens is 3. The third-order valence-electron chi connectivity index (χ3n) is 2.03. The molecule has 0 aromatic carbocycles. The van der Waals surface area contributed by atoms with Crippen LogP contribution in [0.4, 0.5) is 0 Å². The van der Waals surface area contributed by atoms with Gasteiger partial charge in [-0.3, -0.25) is 0 Å². The van der Waals surface area contributed by atoms with E-state index in [1.54, 1.807) is 0 Å². The van der Waals surface area contributed by atoms with Crippen molar-refractivity contribution in [1.29, 1.82) is 0 Å². The molecule has 0 amide bonds. The van der Waals surface area contributed by atoms with Crippen LogP contribution in [0.5, 0.6) is 0 Å². The predicted octanol–water partition coefficient (Wildman–Crippen LogP) is 2.23. The van der Waals surface area contributed by atoms with Crippen LogP contribution in [-0.4, -0.2) is 15.0 Å². The van der Waals surface area contributed by atoms with Gasteiger partial charge >= 0.3 is 0 Å². The van der Waals surface area contributed by atoms with Crippen molar-refractivity contribution in [2.45, 2.75) is 13.8 Å². The summed E-state index contributed by atoms with van der Waals surface area (Å²) in [6.45, 7) is 4.00. The van der Waals surface area contributed by atoms with Crippen LogP contribution in [0.2, 0.25) is 5.15 Å². The number of hydrogen-bond donors (Lipinski definition) is 1. The standard InChI is InChI=1S/C8H8ClN3/c1-4-5(2)12-7-6(4)10-3-11-8(7)9/h3,12H,1-2H3. The molecular formula is C8H8ClN3. The van der Waals surface area contributed by atoms with E-state index in [-0.39, 0.29) is 0 Å². The zero-order chi connectivity index (χ0) is 8.72. The summed E-state index contributed by atoms with van der Waals surface area (Å²) >= 11 is 5.86. The lowest BCUT2D eigenvalue weighted by atomic mass is 10.2. The van der Waals surface area contributed by atoms with E-state index in [9.17, 15) is 0 Å². The van der Waals surface area contributed by atoms with E-state index < -0.39 is 0 Å². The Kier molecular flexibility index (Phi) is 1.54. The Balaban J connectivity index is 2.95. The van der Waals surface area contributed by atoms with E-state index in [0.29, 0.717) is 5.15 Å². The van der Waals surface area contributed by atoms with Crippen LogP contribution >= 0.6 is 11.6 Å². The number of H-pyrrole nitrogens is 1. The van der Waals surface area contributed by atoms with Crippen molar-refractivity contribution >= 4 is 22.6 Å². The van der Waals surface area contributed by atoms with Crippen molar-refractivity contribution in [3.05, 3.63) is 22.7 Å². The van der Waals surface area contributed by atoms with Crippen LogP contribution in [0.15, 0.2) is 6.33 Å². The SMILES string of the molecule is Cc1[nH]c2c(Cl)ncnc2c1C. The number of aromatic amines is 1. The van der Waals surface area contributed by atoms with Crippen LogP contribution < -0.4 is 0 Å². The molecule has 3 nitrogen and oxygen atoms in total. The third-order valence-corrected chi connectivity index (χ3v) is 2.32. The van der Waals surface area contributed by atoms with Crippen molar-refractivity contribution in [3.63, 3.8) is 0 Å². The molecule has 0 saturated heterocycles. The van der Waals surface area contributed by atoms with Gasteiger partial charge < -0.3 is 4.98 Å². The number of halogens is 1. The number of nitrogens with one attached hydrogen (secondary N) is 1. The zero-order valence-corrected chi connectivity index (χ0v) is 7.61. The van der Waals surface area contributed by atoms with Gasteiger partial charge in [0.05, 0.1) is 5.52 Å². The maximum atomic E-state index is 5.86. The number of fused-ring (bicyclic) bond motifs is 1. The molecule has 2 aromatic rings. The van der Waals surface area contributed by atoms with E-state index in [0.717, 1.165) is 22.3 Å². The highest BCUT2D eigenvalue weighted by atomic mass is 35.5. The van der Waals surface area contributed by atoms with E-state index in [2.05, 4.69) is 15.0 Å². The molecule has 0 aliphatic heterocycles. The first kappa shape index (κ1) is 7.55. The minimum Gasteiger partial charge on any atom is -0.355 e.